The van der Waals surface area contributed by atoms with Crippen molar-refractivity contribution in [1.82, 2.24) is 15.1 Å². The van der Waals surface area contributed by atoms with Gasteiger partial charge in [0.1, 0.15) is 5.76 Å². The summed E-state index contributed by atoms with van der Waals surface area (Å²) in [6.45, 7) is 1.56. The first kappa shape index (κ1) is 10.7. The molecule has 0 saturated heterocycles. The van der Waals surface area contributed by atoms with Crippen LogP contribution in [0.1, 0.15) is 11.3 Å². The fraction of sp³-hybridized carbons (Fsp3) is 0.300. The molecule has 0 unspecified atom stereocenters. The average molecular weight is 317 g/mol. The SMILES string of the molecule is Cn1cc(CNCc2ccc(I)o2)cn1. The molecule has 0 aromatic carbocycles. The second-order valence-electron chi connectivity index (χ2n) is 3.33. The van der Waals surface area contributed by atoms with Gasteiger partial charge in [-0.3, -0.25) is 4.68 Å². The third-order valence-electron chi connectivity index (χ3n) is 2.02. The zero-order chi connectivity index (χ0) is 10.7. The summed E-state index contributed by atoms with van der Waals surface area (Å²) in [7, 11) is 1.92. The lowest BCUT2D eigenvalue weighted by Gasteiger charge is -1.99. The molecular weight excluding hydrogens is 305 g/mol. The van der Waals surface area contributed by atoms with Gasteiger partial charge < -0.3 is 9.73 Å². The summed E-state index contributed by atoms with van der Waals surface area (Å²) in [6.07, 6.45) is 3.86. The van der Waals surface area contributed by atoms with E-state index < -0.39 is 0 Å². The van der Waals surface area contributed by atoms with Crippen molar-refractivity contribution in [2.75, 3.05) is 0 Å². The fourth-order valence-corrected chi connectivity index (χ4v) is 1.80. The van der Waals surface area contributed by atoms with E-state index in [9.17, 15) is 0 Å². The Balaban J connectivity index is 1.80. The van der Waals surface area contributed by atoms with E-state index in [0.717, 1.165) is 22.6 Å². The van der Waals surface area contributed by atoms with Crippen LogP contribution in [0.25, 0.3) is 0 Å². The van der Waals surface area contributed by atoms with Crippen molar-refractivity contribution >= 4 is 22.6 Å². The van der Waals surface area contributed by atoms with Crippen molar-refractivity contribution in [2.45, 2.75) is 13.1 Å². The largest absolute Gasteiger partial charge is 0.454 e. The Kier molecular flexibility index (Phi) is 3.42. The van der Waals surface area contributed by atoms with Crippen LogP contribution in [0.15, 0.2) is 28.9 Å². The highest BCUT2D eigenvalue weighted by atomic mass is 127. The van der Waals surface area contributed by atoms with Gasteiger partial charge in [-0.15, -0.1) is 0 Å². The van der Waals surface area contributed by atoms with Gasteiger partial charge in [0, 0.05) is 25.4 Å². The van der Waals surface area contributed by atoms with Crippen molar-refractivity contribution in [2.24, 2.45) is 7.05 Å². The first-order valence-electron chi connectivity index (χ1n) is 4.66. The summed E-state index contributed by atoms with van der Waals surface area (Å²) in [5.41, 5.74) is 1.18. The zero-order valence-corrected chi connectivity index (χ0v) is 10.6. The lowest BCUT2D eigenvalue weighted by molar-refractivity contribution is 0.463. The molecule has 5 heteroatoms. The van der Waals surface area contributed by atoms with E-state index in [2.05, 4.69) is 33.0 Å². The molecule has 2 heterocycles. The zero-order valence-electron chi connectivity index (χ0n) is 8.40. The first-order valence-corrected chi connectivity index (χ1v) is 5.74. The highest BCUT2D eigenvalue weighted by Gasteiger charge is 1.99. The Labute approximate surface area is 102 Å². The van der Waals surface area contributed by atoms with Crippen LogP contribution in [0.2, 0.25) is 0 Å². The summed E-state index contributed by atoms with van der Waals surface area (Å²) in [6, 6.07) is 3.94. The van der Waals surface area contributed by atoms with Gasteiger partial charge in [-0.1, -0.05) is 0 Å². The molecule has 2 rings (SSSR count). The molecule has 0 radical (unpaired) electrons. The summed E-state index contributed by atoms with van der Waals surface area (Å²) in [4.78, 5) is 0. The molecule has 0 aliphatic rings. The van der Waals surface area contributed by atoms with E-state index >= 15 is 0 Å². The van der Waals surface area contributed by atoms with Crippen molar-refractivity contribution in [1.29, 1.82) is 0 Å². The van der Waals surface area contributed by atoms with E-state index in [1.807, 2.05) is 31.6 Å². The molecule has 0 aliphatic heterocycles. The minimum Gasteiger partial charge on any atom is -0.454 e. The van der Waals surface area contributed by atoms with Crippen molar-refractivity contribution in [3.05, 3.63) is 39.6 Å². The van der Waals surface area contributed by atoms with Gasteiger partial charge in [-0.05, 0) is 34.7 Å². The van der Waals surface area contributed by atoms with Gasteiger partial charge in [0.2, 0.25) is 0 Å². The minimum absolute atomic E-state index is 0.748. The molecule has 15 heavy (non-hydrogen) atoms. The molecule has 0 spiro atoms. The fourth-order valence-electron chi connectivity index (χ4n) is 1.34. The molecule has 0 saturated carbocycles. The maximum absolute atomic E-state index is 5.43. The van der Waals surface area contributed by atoms with Crippen LogP contribution in [0.5, 0.6) is 0 Å². The maximum Gasteiger partial charge on any atom is 0.164 e. The quantitative estimate of drug-likeness (QED) is 0.876. The molecule has 0 amide bonds. The highest BCUT2D eigenvalue weighted by molar-refractivity contribution is 14.1. The highest BCUT2D eigenvalue weighted by Crippen LogP contribution is 2.09. The Morgan fingerprint density at radius 1 is 1.47 bits per heavy atom. The van der Waals surface area contributed by atoms with Crippen LogP contribution >= 0.6 is 22.6 Å². The number of furan rings is 1. The van der Waals surface area contributed by atoms with Crippen molar-refractivity contribution in [3.63, 3.8) is 0 Å². The molecule has 0 fully saturated rings. The van der Waals surface area contributed by atoms with Crippen LogP contribution in [0.3, 0.4) is 0 Å². The van der Waals surface area contributed by atoms with Crippen molar-refractivity contribution < 1.29 is 4.42 Å². The Hall–Kier alpha value is -0.820. The maximum atomic E-state index is 5.43. The predicted molar refractivity (Wildman–Crippen MR) is 65.2 cm³/mol. The summed E-state index contributed by atoms with van der Waals surface area (Å²) < 4.78 is 8.15. The van der Waals surface area contributed by atoms with E-state index in [1.165, 1.54) is 5.56 Å². The third kappa shape index (κ3) is 3.07. The minimum atomic E-state index is 0.748. The first-order chi connectivity index (χ1) is 7.24. The summed E-state index contributed by atoms with van der Waals surface area (Å²) in [5.74, 6) is 0.961. The standard InChI is InChI=1S/C10H12IN3O/c1-14-7-8(5-13-14)4-12-6-9-2-3-10(11)15-9/h2-3,5,7,12H,4,6H2,1H3. The van der Waals surface area contributed by atoms with Crippen molar-refractivity contribution in [3.8, 4) is 0 Å². The topological polar surface area (TPSA) is 43.0 Å². The summed E-state index contributed by atoms with van der Waals surface area (Å²) in [5, 5.41) is 7.39. The number of rotatable bonds is 4. The average Bonchev–Trinajstić information content (AvgIpc) is 2.76. The van der Waals surface area contributed by atoms with Crippen LogP contribution < -0.4 is 5.32 Å². The number of nitrogens with zero attached hydrogens (tertiary/aromatic N) is 2. The van der Waals surface area contributed by atoms with Crippen LogP contribution in [0.4, 0.5) is 0 Å². The number of halogens is 1. The second kappa shape index (κ2) is 4.80. The monoisotopic (exact) mass is 317 g/mol. The second-order valence-corrected chi connectivity index (χ2v) is 4.39. The molecule has 80 valence electrons. The molecular formula is C10H12IN3O. The smallest absolute Gasteiger partial charge is 0.164 e. The van der Waals surface area contributed by atoms with Gasteiger partial charge in [0.05, 0.1) is 12.7 Å². The van der Waals surface area contributed by atoms with E-state index in [0.29, 0.717) is 0 Å². The lowest BCUT2D eigenvalue weighted by atomic mass is 10.3. The molecule has 1 N–H and O–H groups in total. The third-order valence-corrected chi connectivity index (χ3v) is 2.60. The Bertz CT molecular complexity index is 395. The van der Waals surface area contributed by atoms with Gasteiger partial charge in [-0.2, -0.15) is 5.10 Å². The Morgan fingerprint density at radius 3 is 2.93 bits per heavy atom. The van der Waals surface area contributed by atoms with Gasteiger partial charge in [0.15, 0.2) is 3.77 Å². The van der Waals surface area contributed by atoms with Crippen LogP contribution in [0, 0.1) is 3.77 Å². The predicted octanol–water partition coefficient (Wildman–Crippen LogP) is 1.91. The molecule has 0 atom stereocenters. The van der Waals surface area contributed by atoms with E-state index in [4.69, 9.17) is 4.42 Å². The summed E-state index contributed by atoms with van der Waals surface area (Å²) >= 11 is 2.16. The molecule has 2 aromatic heterocycles. The van der Waals surface area contributed by atoms with Gasteiger partial charge in [0.25, 0.3) is 0 Å². The molecule has 0 aliphatic carbocycles. The number of nitrogens with one attached hydrogen (secondary N) is 1. The lowest BCUT2D eigenvalue weighted by Crippen LogP contribution is -2.11. The van der Waals surface area contributed by atoms with Gasteiger partial charge >= 0.3 is 0 Å². The number of aromatic nitrogens is 2. The Morgan fingerprint density at radius 2 is 2.33 bits per heavy atom. The van der Waals surface area contributed by atoms with Crippen LogP contribution in [-0.2, 0) is 20.1 Å². The number of hydrogen-bond donors (Lipinski definition) is 1. The normalized spacial score (nSPS) is 10.8. The number of aryl methyl sites for hydroxylation is 1. The van der Waals surface area contributed by atoms with Crippen LogP contribution in [-0.4, -0.2) is 9.78 Å². The molecule has 0 bridgehead atoms. The van der Waals surface area contributed by atoms with Gasteiger partial charge in [-0.25, -0.2) is 0 Å². The molecule has 4 nitrogen and oxygen atoms in total. The van der Waals surface area contributed by atoms with E-state index in [-0.39, 0.29) is 0 Å². The number of hydrogen-bond acceptors (Lipinski definition) is 3. The van der Waals surface area contributed by atoms with E-state index in [1.54, 1.807) is 4.68 Å². The molecule has 2 aromatic rings.